The molecule has 3 aromatic rings. The van der Waals surface area contributed by atoms with E-state index in [4.69, 9.17) is 27.6 Å². The molecule has 0 aliphatic rings. The summed E-state index contributed by atoms with van der Waals surface area (Å²) in [6, 6.07) is 9.37. The Hall–Kier alpha value is -1.36. The van der Waals surface area contributed by atoms with Gasteiger partial charge in [-0.05, 0) is 23.8 Å². The average molecular weight is 370 g/mol. The zero-order valence-electron chi connectivity index (χ0n) is 9.98. The Labute approximate surface area is 133 Å². The van der Waals surface area contributed by atoms with Gasteiger partial charge in [-0.25, -0.2) is 9.97 Å². The van der Waals surface area contributed by atoms with Crippen molar-refractivity contribution < 1.29 is 4.42 Å². The van der Waals surface area contributed by atoms with Crippen LogP contribution in [0, 0.1) is 0 Å². The van der Waals surface area contributed by atoms with E-state index in [1.165, 1.54) is 0 Å². The van der Waals surface area contributed by atoms with Gasteiger partial charge in [-0.3, -0.25) is 0 Å². The second-order valence-electron chi connectivity index (χ2n) is 4.02. The minimum absolute atomic E-state index is 0.309. The molecule has 3 nitrogen and oxygen atoms in total. The van der Waals surface area contributed by atoms with E-state index >= 15 is 0 Å². The minimum Gasteiger partial charge on any atom is -0.472 e. The van der Waals surface area contributed by atoms with E-state index in [1.807, 2.05) is 24.3 Å². The minimum atomic E-state index is 0.309. The molecule has 0 bridgehead atoms. The number of furan rings is 1. The number of nitrogens with zero attached hydrogens (tertiary/aromatic N) is 2. The van der Waals surface area contributed by atoms with Crippen molar-refractivity contribution >= 4 is 39.1 Å². The van der Waals surface area contributed by atoms with Crippen molar-refractivity contribution in [3.05, 3.63) is 57.6 Å². The molecule has 2 aromatic heterocycles. The summed E-state index contributed by atoms with van der Waals surface area (Å²) in [5.74, 6) is 0.439. The summed E-state index contributed by atoms with van der Waals surface area (Å²) < 4.78 is 5.98. The van der Waals surface area contributed by atoms with Gasteiger partial charge in [-0.2, -0.15) is 0 Å². The van der Waals surface area contributed by atoms with Crippen LogP contribution in [0.5, 0.6) is 0 Å². The molecule has 0 radical (unpaired) electrons. The largest absolute Gasteiger partial charge is 0.472 e. The monoisotopic (exact) mass is 368 g/mol. The van der Waals surface area contributed by atoms with Crippen molar-refractivity contribution in [3.8, 4) is 22.5 Å². The summed E-state index contributed by atoms with van der Waals surface area (Å²) in [5, 5.41) is 0.618. The lowest BCUT2D eigenvalue weighted by atomic mass is 10.1. The molecule has 2 heterocycles. The topological polar surface area (TPSA) is 38.9 Å². The standard InChI is InChI=1S/C14H7BrCl2N2O/c15-10-3-1-8(2-4-10)11-12(16)18-14(19-13(11)17)9-5-6-20-7-9/h1-7H. The van der Waals surface area contributed by atoms with Crippen molar-refractivity contribution in [1.29, 1.82) is 0 Å². The molecule has 0 saturated heterocycles. The summed E-state index contributed by atoms with van der Waals surface area (Å²) in [6.45, 7) is 0. The molecule has 1 aromatic carbocycles. The molecular formula is C14H7BrCl2N2O. The Morgan fingerprint density at radius 3 is 2.10 bits per heavy atom. The molecule has 0 aliphatic carbocycles. The molecule has 0 saturated carbocycles. The zero-order chi connectivity index (χ0) is 14.1. The molecule has 0 amide bonds. The average Bonchev–Trinajstić information content (AvgIpc) is 2.94. The van der Waals surface area contributed by atoms with Crippen LogP contribution in [0.25, 0.3) is 22.5 Å². The number of hydrogen-bond acceptors (Lipinski definition) is 3. The summed E-state index contributed by atoms with van der Waals surface area (Å²) in [5.41, 5.74) is 2.21. The van der Waals surface area contributed by atoms with E-state index in [2.05, 4.69) is 25.9 Å². The normalized spacial score (nSPS) is 10.8. The molecule has 0 atom stereocenters. The van der Waals surface area contributed by atoms with Gasteiger partial charge in [0.15, 0.2) is 5.82 Å². The number of halogens is 3. The number of aromatic nitrogens is 2. The van der Waals surface area contributed by atoms with E-state index in [-0.39, 0.29) is 0 Å². The summed E-state index contributed by atoms with van der Waals surface area (Å²) in [6.07, 6.45) is 3.09. The van der Waals surface area contributed by atoms with E-state index in [0.29, 0.717) is 21.7 Å². The quantitative estimate of drug-likeness (QED) is 0.562. The van der Waals surface area contributed by atoms with E-state index in [1.54, 1.807) is 18.6 Å². The van der Waals surface area contributed by atoms with Gasteiger partial charge in [0.1, 0.15) is 16.6 Å². The Morgan fingerprint density at radius 1 is 0.900 bits per heavy atom. The molecule has 6 heteroatoms. The molecule has 3 rings (SSSR count). The first-order valence-corrected chi connectivity index (χ1v) is 7.21. The fourth-order valence-corrected chi connectivity index (χ4v) is 2.65. The van der Waals surface area contributed by atoms with Crippen LogP contribution in [-0.2, 0) is 0 Å². The van der Waals surface area contributed by atoms with E-state index < -0.39 is 0 Å². The van der Waals surface area contributed by atoms with Crippen LogP contribution in [0.4, 0.5) is 0 Å². The lowest BCUT2D eigenvalue weighted by Crippen LogP contribution is -1.93. The van der Waals surface area contributed by atoms with Gasteiger partial charge in [0.2, 0.25) is 0 Å². The Bertz CT molecular complexity index is 719. The lowest BCUT2D eigenvalue weighted by Gasteiger charge is -2.08. The third-order valence-electron chi connectivity index (χ3n) is 2.73. The molecule has 100 valence electrons. The second kappa shape index (κ2) is 5.56. The number of hydrogen-bond donors (Lipinski definition) is 0. The molecule has 0 spiro atoms. The highest BCUT2D eigenvalue weighted by Gasteiger charge is 2.15. The van der Waals surface area contributed by atoms with Gasteiger partial charge in [0.05, 0.1) is 17.4 Å². The fraction of sp³-hybridized carbons (Fsp3) is 0. The second-order valence-corrected chi connectivity index (χ2v) is 5.65. The van der Waals surface area contributed by atoms with E-state index in [9.17, 15) is 0 Å². The Balaban J connectivity index is 2.11. The Morgan fingerprint density at radius 2 is 1.55 bits per heavy atom. The van der Waals surface area contributed by atoms with Crippen LogP contribution in [-0.4, -0.2) is 9.97 Å². The molecule has 0 N–H and O–H groups in total. The van der Waals surface area contributed by atoms with Crippen molar-refractivity contribution in [2.75, 3.05) is 0 Å². The highest BCUT2D eigenvalue weighted by atomic mass is 79.9. The van der Waals surface area contributed by atoms with Gasteiger partial charge < -0.3 is 4.42 Å². The predicted molar refractivity (Wildman–Crippen MR) is 82.9 cm³/mol. The summed E-state index contributed by atoms with van der Waals surface area (Å²) >= 11 is 15.9. The molecular weight excluding hydrogens is 363 g/mol. The number of rotatable bonds is 2. The van der Waals surface area contributed by atoms with Crippen LogP contribution >= 0.6 is 39.1 Å². The van der Waals surface area contributed by atoms with Crippen LogP contribution in [0.1, 0.15) is 0 Å². The van der Waals surface area contributed by atoms with E-state index in [0.717, 1.165) is 15.6 Å². The maximum atomic E-state index is 6.25. The van der Waals surface area contributed by atoms with Crippen molar-refractivity contribution in [2.24, 2.45) is 0 Å². The number of benzene rings is 1. The van der Waals surface area contributed by atoms with Crippen molar-refractivity contribution in [2.45, 2.75) is 0 Å². The molecule has 0 fully saturated rings. The first-order chi connectivity index (χ1) is 9.65. The zero-order valence-corrected chi connectivity index (χ0v) is 13.1. The summed E-state index contributed by atoms with van der Waals surface area (Å²) in [7, 11) is 0. The Kier molecular flexibility index (Phi) is 3.78. The molecule has 0 unspecified atom stereocenters. The molecule has 0 aliphatic heterocycles. The van der Waals surface area contributed by atoms with Gasteiger partial charge in [-0.1, -0.05) is 51.3 Å². The molecule has 20 heavy (non-hydrogen) atoms. The van der Waals surface area contributed by atoms with Crippen LogP contribution in [0.3, 0.4) is 0 Å². The highest BCUT2D eigenvalue weighted by molar-refractivity contribution is 9.10. The van der Waals surface area contributed by atoms with Crippen LogP contribution in [0.2, 0.25) is 10.3 Å². The third kappa shape index (κ3) is 2.59. The third-order valence-corrected chi connectivity index (χ3v) is 3.81. The lowest BCUT2D eigenvalue weighted by molar-refractivity contribution is 0.568. The first-order valence-electron chi connectivity index (χ1n) is 5.66. The van der Waals surface area contributed by atoms with Crippen LogP contribution in [0.15, 0.2) is 51.7 Å². The fourth-order valence-electron chi connectivity index (χ4n) is 1.78. The van der Waals surface area contributed by atoms with Crippen molar-refractivity contribution in [3.63, 3.8) is 0 Å². The smallest absolute Gasteiger partial charge is 0.165 e. The van der Waals surface area contributed by atoms with Crippen LogP contribution < -0.4 is 0 Å². The maximum absolute atomic E-state index is 6.25. The SMILES string of the molecule is Clc1nc(-c2ccoc2)nc(Cl)c1-c1ccc(Br)cc1. The van der Waals surface area contributed by atoms with Gasteiger partial charge in [0.25, 0.3) is 0 Å². The predicted octanol–water partition coefficient (Wildman–Crippen LogP) is 5.47. The van der Waals surface area contributed by atoms with Gasteiger partial charge in [-0.15, -0.1) is 0 Å². The maximum Gasteiger partial charge on any atom is 0.165 e. The highest BCUT2D eigenvalue weighted by Crippen LogP contribution is 2.34. The van der Waals surface area contributed by atoms with Crippen molar-refractivity contribution in [1.82, 2.24) is 9.97 Å². The summed E-state index contributed by atoms with van der Waals surface area (Å²) in [4.78, 5) is 8.55. The first kappa shape index (κ1) is 13.6. The van der Waals surface area contributed by atoms with Gasteiger partial charge in [0, 0.05) is 4.47 Å². The van der Waals surface area contributed by atoms with Gasteiger partial charge >= 0.3 is 0 Å².